The minimum atomic E-state index is -3.13. The van der Waals surface area contributed by atoms with E-state index >= 15 is 0 Å². The van der Waals surface area contributed by atoms with E-state index in [1.54, 1.807) is 11.8 Å². The molecule has 4 heterocycles. The number of methoxy groups -OCH3 is 1. The van der Waals surface area contributed by atoms with Crippen LogP contribution in [0, 0.1) is 6.92 Å². The van der Waals surface area contributed by atoms with Crippen molar-refractivity contribution in [2.75, 3.05) is 30.1 Å². The van der Waals surface area contributed by atoms with E-state index in [-0.39, 0.29) is 23.5 Å². The minimum Gasteiger partial charge on any atom is -0.497 e. The van der Waals surface area contributed by atoms with Crippen LogP contribution in [0.5, 0.6) is 5.75 Å². The maximum Gasteiger partial charge on any atom is 0.259 e. The van der Waals surface area contributed by atoms with Gasteiger partial charge in [-0.25, -0.2) is 18.1 Å². The Morgan fingerprint density at radius 1 is 1.11 bits per heavy atom. The van der Waals surface area contributed by atoms with Crippen LogP contribution in [0.3, 0.4) is 0 Å². The zero-order valence-corrected chi connectivity index (χ0v) is 21.7. The van der Waals surface area contributed by atoms with Crippen molar-refractivity contribution in [1.29, 1.82) is 0 Å². The fourth-order valence-electron chi connectivity index (χ4n) is 5.52. The summed E-state index contributed by atoms with van der Waals surface area (Å²) in [5.41, 5.74) is 5.22. The largest absolute Gasteiger partial charge is 0.497 e. The highest BCUT2D eigenvalue weighted by atomic mass is 32.2. The van der Waals surface area contributed by atoms with Crippen LogP contribution < -0.4 is 9.64 Å². The normalized spacial score (nSPS) is 18.6. The number of para-hydroxylation sites is 1. The number of hydrogen-bond donors (Lipinski definition) is 0. The van der Waals surface area contributed by atoms with Gasteiger partial charge in [-0.3, -0.25) is 4.79 Å². The quantitative estimate of drug-likeness (QED) is 0.400. The number of fused-ring (bicyclic) bond motifs is 2. The van der Waals surface area contributed by atoms with Gasteiger partial charge in [-0.1, -0.05) is 30.3 Å². The summed E-state index contributed by atoms with van der Waals surface area (Å²) in [5.74, 6) is 0.732. The summed E-state index contributed by atoms with van der Waals surface area (Å²) in [7, 11) is -1.52. The summed E-state index contributed by atoms with van der Waals surface area (Å²) < 4.78 is 31.7. The fourth-order valence-corrected chi connectivity index (χ4v) is 7.22. The lowest BCUT2D eigenvalue weighted by Gasteiger charge is -2.29. The second kappa shape index (κ2) is 8.99. The average molecular weight is 517 g/mol. The Morgan fingerprint density at radius 3 is 2.73 bits per heavy atom. The third-order valence-corrected chi connectivity index (χ3v) is 9.09. The zero-order valence-electron chi connectivity index (χ0n) is 20.8. The van der Waals surface area contributed by atoms with Gasteiger partial charge in [0.15, 0.2) is 15.5 Å². The van der Waals surface area contributed by atoms with Gasteiger partial charge in [-0.2, -0.15) is 5.10 Å². The molecule has 2 aliphatic rings. The minimum absolute atomic E-state index is 0.0249. The Hall–Kier alpha value is -3.72. The number of benzene rings is 2. The predicted octanol–water partition coefficient (Wildman–Crippen LogP) is 4.37. The number of hydrogen-bond acceptors (Lipinski definition) is 6. The fraction of sp³-hybridized carbons (Fsp3) is 0.321. The van der Waals surface area contributed by atoms with Crippen LogP contribution in [0.4, 0.5) is 5.69 Å². The second-order valence-corrected chi connectivity index (χ2v) is 12.0. The highest BCUT2D eigenvalue weighted by Gasteiger charge is 2.33. The molecule has 0 N–H and O–H groups in total. The number of amides is 1. The molecule has 1 saturated heterocycles. The molecule has 0 bridgehead atoms. The predicted molar refractivity (Wildman–Crippen MR) is 143 cm³/mol. The van der Waals surface area contributed by atoms with E-state index in [2.05, 4.69) is 6.07 Å². The molecule has 0 radical (unpaired) electrons. The first kappa shape index (κ1) is 23.7. The van der Waals surface area contributed by atoms with E-state index in [0.717, 1.165) is 29.7 Å². The molecule has 4 aromatic rings. The maximum absolute atomic E-state index is 14.2. The number of ether oxygens (including phenoxy) is 1. The lowest BCUT2D eigenvalue weighted by molar-refractivity contribution is 0.0986. The number of rotatable bonds is 4. The Bertz CT molecular complexity index is 1640. The molecule has 8 nitrogen and oxygen atoms in total. The molecular formula is C28H28N4O4S. The smallest absolute Gasteiger partial charge is 0.259 e. The number of sulfone groups is 1. The van der Waals surface area contributed by atoms with Crippen molar-refractivity contribution in [2.24, 2.45) is 0 Å². The number of aromatic nitrogens is 3. The van der Waals surface area contributed by atoms with Crippen LogP contribution in [-0.4, -0.2) is 54.2 Å². The Kier molecular flexibility index (Phi) is 5.75. The summed E-state index contributed by atoms with van der Waals surface area (Å²) >= 11 is 0. The van der Waals surface area contributed by atoms with Crippen molar-refractivity contribution in [3.05, 3.63) is 71.4 Å². The zero-order chi connectivity index (χ0) is 25.7. The maximum atomic E-state index is 14.2. The first-order valence-corrected chi connectivity index (χ1v) is 14.3. The lowest BCUT2D eigenvalue weighted by Crippen LogP contribution is -2.35. The van der Waals surface area contributed by atoms with Gasteiger partial charge >= 0.3 is 0 Å². The van der Waals surface area contributed by atoms with Gasteiger partial charge in [0.1, 0.15) is 5.75 Å². The summed E-state index contributed by atoms with van der Waals surface area (Å²) in [4.78, 5) is 21.0. The van der Waals surface area contributed by atoms with Crippen LogP contribution in [0.1, 0.15) is 40.5 Å². The number of carbonyl (C=O) groups is 1. The molecule has 1 atom stereocenters. The Labute approximate surface area is 215 Å². The van der Waals surface area contributed by atoms with Crippen LogP contribution in [0.25, 0.3) is 22.3 Å². The first-order valence-electron chi connectivity index (χ1n) is 12.5. The van der Waals surface area contributed by atoms with Gasteiger partial charge in [0.05, 0.1) is 47.0 Å². The van der Waals surface area contributed by atoms with Crippen molar-refractivity contribution in [2.45, 2.75) is 32.2 Å². The van der Waals surface area contributed by atoms with E-state index in [0.29, 0.717) is 46.7 Å². The van der Waals surface area contributed by atoms with Crippen molar-refractivity contribution in [3.8, 4) is 17.0 Å². The molecule has 9 heteroatoms. The molecule has 1 fully saturated rings. The van der Waals surface area contributed by atoms with Crippen LogP contribution in [0.15, 0.2) is 54.6 Å². The van der Waals surface area contributed by atoms with Gasteiger partial charge in [0.2, 0.25) is 0 Å². The molecule has 1 unspecified atom stereocenters. The summed E-state index contributed by atoms with van der Waals surface area (Å²) in [6.45, 7) is 2.48. The monoisotopic (exact) mass is 516 g/mol. The molecule has 37 heavy (non-hydrogen) atoms. The van der Waals surface area contributed by atoms with Crippen molar-refractivity contribution >= 4 is 32.5 Å². The molecule has 0 spiro atoms. The molecule has 0 saturated carbocycles. The molecule has 2 aromatic carbocycles. The van der Waals surface area contributed by atoms with Crippen molar-refractivity contribution < 1.29 is 17.9 Å². The molecule has 2 aromatic heterocycles. The molecule has 1 amide bonds. The van der Waals surface area contributed by atoms with Crippen LogP contribution >= 0.6 is 0 Å². The van der Waals surface area contributed by atoms with E-state index in [1.165, 1.54) is 0 Å². The number of anilines is 1. The summed E-state index contributed by atoms with van der Waals surface area (Å²) in [6, 6.07) is 17.1. The van der Waals surface area contributed by atoms with E-state index in [9.17, 15) is 13.2 Å². The SMILES string of the molecule is COc1cccc(-c2cc(C(=O)N3CCCc4ccccc43)c3c(C)nn(C4CCS(=O)(=O)C4)c3n2)c1. The van der Waals surface area contributed by atoms with Gasteiger partial charge in [0.25, 0.3) is 5.91 Å². The van der Waals surface area contributed by atoms with E-state index in [4.69, 9.17) is 14.8 Å². The molecular weight excluding hydrogens is 488 g/mol. The van der Waals surface area contributed by atoms with E-state index in [1.807, 2.05) is 60.4 Å². The number of aryl methyl sites for hydroxylation is 2. The average Bonchev–Trinajstić information content (AvgIpc) is 3.45. The Balaban J connectivity index is 1.56. The first-order chi connectivity index (χ1) is 17.8. The Morgan fingerprint density at radius 2 is 1.95 bits per heavy atom. The van der Waals surface area contributed by atoms with Gasteiger partial charge < -0.3 is 9.64 Å². The summed E-state index contributed by atoms with van der Waals surface area (Å²) in [5, 5.41) is 5.40. The van der Waals surface area contributed by atoms with Gasteiger partial charge in [-0.05, 0) is 56.0 Å². The number of nitrogens with zero attached hydrogens (tertiary/aromatic N) is 4. The molecule has 190 valence electrons. The number of carbonyl (C=O) groups excluding carboxylic acids is 1. The molecule has 0 aliphatic carbocycles. The van der Waals surface area contributed by atoms with Crippen molar-refractivity contribution in [3.63, 3.8) is 0 Å². The highest BCUT2D eigenvalue weighted by molar-refractivity contribution is 7.91. The van der Waals surface area contributed by atoms with E-state index < -0.39 is 9.84 Å². The highest BCUT2D eigenvalue weighted by Crippen LogP contribution is 2.35. The molecule has 6 rings (SSSR count). The standard InChI is InChI=1S/C28H28N4O4S/c1-18-26-23(28(33)31-13-6-9-19-7-3-4-11-25(19)31)16-24(20-8-5-10-22(15-20)36-2)29-27(26)32(30-18)21-12-14-37(34,35)17-21/h3-5,7-8,10-11,15-16,21H,6,9,12-14,17H2,1-2H3. The third kappa shape index (κ3) is 4.17. The van der Waals surface area contributed by atoms with Crippen LogP contribution in [-0.2, 0) is 16.3 Å². The summed E-state index contributed by atoms with van der Waals surface area (Å²) in [6.07, 6.45) is 2.30. The van der Waals surface area contributed by atoms with Crippen molar-refractivity contribution in [1.82, 2.24) is 14.8 Å². The topological polar surface area (TPSA) is 94.4 Å². The van der Waals surface area contributed by atoms with Crippen LogP contribution in [0.2, 0.25) is 0 Å². The number of pyridine rings is 1. The van der Waals surface area contributed by atoms with Gasteiger partial charge in [0, 0.05) is 17.8 Å². The molecule has 2 aliphatic heterocycles. The third-order valence-electron chi connectivity index (χ3n) is 7.34. The lowest BCUT2D eigenvalue weighted by atomic mass is 9.99. The van der Waals surface area contributed by atoms with Gasteiger partial charge in [-0.15, -0.1) is 0 Å². The second-order valence-electron chi connectivity index (χ2n) is 9.76.